The highest BCUT2D eigenvalue weighted by Crippen LogP contribution is 2.49. The van der Waals surface area contributed by atoms with E-state index in [-0.39, 0.29) is 10.3 Å². The molecule has 28 heavy (non-hydrogen) atoms. The number of allylic oxidation sites excluding steroid dienone is 1. The number of nitrogens with zero attached hydrogens (tertiary/aromatic N) is 2. The van der Waals surface area contributed by atoms with Crippen LogP contribution in [-0.2, 0) is 4.74 Å². The van der Waals surface area contributed by atoms with Crippen LogP contribution in [0.2, 0.25) is 0 Å². The Morgan fingerprint density at radius 2 is 1.71 bits per heavy atom. The van der Waals surface area contributed by atoms with E-state index in [1.165, 1.54) is 0 Å². The third kappa shape index (κ3) is 3.50. The minimum atomic E-state index is -1.12. The van der Waals surface area contributed by atoms with Crippen molar-refractivity contribution in [3.63, 3.8) is 0 Å². The van der Waals surface area contributed by atoms with Crippen molar-refractivity contribution in [3.8, 4) is 0 Å². The minimum Gasteiger partial charge on any atom is -0.433 e. The molecule has 0 unspecified atom stereocenters. The van der Waals surface area contributed by atoms with Crippen LogP contribution < -0.4 is 5.43 Å². The lowest BCUT2D eigenvalue weighted by molar-refractivity contribution is -0.570. The fraction of sp³-hybridized carbons (Fsp3) is 0.318. The van der Waals surface area contributed by atoms with Gasteiger partial charge in [0.05, 0.1) is 16.3 Å². The molecule has 0 saturated carbocycles. The number of ether oxygens (including phenoxy) is 1. The van der Waals surface area contributed by atoms with Gasteiger partial charge in [-0.15, -0.1) is 0 Å². The molecule has 1 N–H and O–H groups in total. The molecule has 0 fully saturated rings. The molecule has 144 valence electrons. The summed E-state index contributed by atoms with van der Waals surface area (Å²) in [6.07, 6.45) is 0.270. The first-order valence-corrected chi connectivity index (χ1v) is 9.41. The van der Waals surface area contributed by atoms with Gasteiger partial charge in [0.1, 0.15) is 11.7 Å². The monoisotopic (exact) mass is 377 g/mol. The number of para-hydroxylation sites is 1. The van der Waals surface area contributed by atoms with E-state index >= 15 is 0 Å². The van der Waals surface area contributed by atoms with Gasteiger partial charge in [0.2, 0.25) is 0 Å². The molecule has 1 heterocycles. The molecule has 0 radical (unpaired) electrons. The molecule has 0 bridgehead atoms. The minimum absolute atomic E-state index is 0.0806. The van der Waals surface area contributed by atoms with Gasteiger partial charge in [-0.3, -0.25) is 15.5 Å². The highest BCUT2D eigenvalue weighted by Gasteiger charge is 2.50. The van der Waals surface area contributed by atoms with Crippen molar-refractivity contribution in [1.29, 1.82) is 0 Å². The fourth-order valence-electron chi connectivity index (χ4n) is 4.02. The summed E-state index contributed by atoms with van der Waals surface area (Å²) in [4.78, 5) is 11.4. The average molecular weight is 377 g/mol. The lowest BCUT2D eigenvalue weighted by atomic mass is 9.73. The number of hydrogen-bond acceptors (Lipinski definition) is 5. The second kappa shape index (κ2) is 7.11. The van der Waals surface area contributed by atoms with Gasteiger partial charge in [-0.25, -0.2) is 0 Å². The molecule has 0 aromatic heterocycles. The zero-order valence-corrected chi connectivity index (χ0v) is 16.0. The third-order valence-electron chi connectivity index (χ3n) is 5.22. The van der Waals surface area contributed by atoms with Crippen LogP contribution in [0.3, 0.4) is 0 Å². The Kier molecular flexibility index (Phi) is 4.63. The Hall–Kier alpha value is -3.15. The molecule has 2 atom stereocenters. The maximum Gasteiger partial charge on any atom is 0.364 e. The maximum atomic E-state index is 11.8. The first-order valence-electron chi connectivity index (χ1n) is 9.41. The smallest absolute Gasteiger partial charge is 0.364 e. The van der Waals surface area contributed by atoms with Crippen LogP contribution in [0, 0.1) is 15.5 Å². The Balaban J connectivity index is 1.77. The van der Waals surface area contributed by atoms with E-state index < -0.39 is 12.1 Å². The molecule has 1 aliphatic heterocycles. The molecule has 2 aromatic carbocycles. The number of benzene rings is 2. The maximum absolute atomic E-state index is 11.8. The average Bonchev–Trinajstić information content (AvgIpc) is 3.06. The van der Waals surface area contributed by atoms with Crippen LogP contribution in [0.15, 0.2) is 77.1 Å². The fourth-order valence-corrected chi connectivity index (χ4v) is 4.02. The van der Waals surface area contributed by atoms with Crippen LogP contribution in [0.25, 0.3) is 0 Å². The van der Waals surface area contributed by atoms with E-state index in [4.69, 9.17) is 4.74 Å². The normalized spacial score (nSPS) is 24.6. The lowest BCUT2D eigenvalue weighted by Gasteiger charge is -2.31. The van der Waals surface area contributed by atoms with Crippen molar-refractivity contribution in [3.05, 3.63) is 87.7 Å². The van der Waals surface area contributed by atoms with Crippen molar-refractivity contribution in [2.45, 2.75) is 38.8 Å². The Bertz CT molecular complexity index is 936. The number of rotatable bonds is 4. The Morgan fingerprint density at radius 3 is 2.36 bits per heavy atom. The predicted octanol–water partition coefficient (Wildman–Crippen LogP) is 4.95. The highest BCUT2D eigenvalue weighted by molar-refractivity contribution is 6.04. The molecule has 4 rings (SSSR count). The summed E-state index contributed by atoms with van der Waals surface area (Å²) < 4.78 is 5.88. The van der Waals surface area contributed by atoms with Crippen molar-refractivity contribution in [2.24, 2.45) is 10.5 Å². The van der Waals surface area contributed by atoms with Crippen LogP contribution in [0.5, 0.6) is 0 Å². The van der Waals surface area contributed by atoms with Crippen molar-refractivity contribution >= 4 is 11.4 Å². The molecule has 2 aromatic rings. The van der Waals surface area contributed by atoms with E-state index in [1.54, 1.807) is 0 Å². The number of hydrazone groups is 1. The molecule has 6 heteroatoms. The summed E-state index contributed by atoms with van der Waals surface area (Å²) in [5.41, 5.74) is 6.47. The van der Waals surface area contributed by atoms with E-state index in [9.17, 15) is 10.1 Å². The van der Waals surface area contributed by atoms with Gasteiger partial charge in [0.15, 0.2) is 0 Å². The summed E-state index contributed by atoms with van der Waals surface area (Å²) in [6, 6.07) is 19.2. The molecule has 2 aliphatic rings. The Labute approximate surface area is 164 Å². The topological polar surface area (TPSA) is 76.8 Å². The van der Waals surface area contributed by atoms with Gasteiger partial charge in [-0.05, 0) is 29.5 Å². The summed E-state index contributed by atoms with van der Waals surface area (Å²) in [6.45, 7) is 4.27. The second-order valence-electron chi connectivity index (χ2n) is 8.07. The lowest BCUT2D eigenvalue weighted by Crippen LogP contribution is -2.29. The van der Waals surface area contributed by atoms with E-state index in [0.717, 1.165) is 29.0 Å². The molecular formula is C22H23N3O3. The largest absolute Gasteiger partial charge is 0.433 e. The quantitative estimate of drug-likeness (QED) is 0.604. The van der Waals surface area contributed by atoms with Crippen LogP contribution in [0.4, 0.5) is 5.69 Å². The van der Waals surface area contributed by atoms with Gasteiger partial charge < -0.3 is 4.74 Å². The van der Waals surface area contributed by atoms with Crippen molar-refractivity contribution < 1.29 is 9.66 Å². The SMILES string of the molecule is CC1(C)CC2=C(/C(=N\Nc3ccccc3)C1)[C@@H](c1ccccc1)[C@H]([N+](=O)[O-])O2. The zero-order valence-electron chi connectivity index (χ0n) is 16.0. The third-order valence-corrected chi connectivity index (χ3v) is 5.22. The van der Waals surface area contributed by atoms with Crippen molar-refractivity contribution in [1.82, 2.24) is 0 Å². The van der Waals surface area contributed by atoms with E-state index in [1.807, 2.05) is 60.7 Å². The second-order valence-corrected chi connectivity index (χ2v) is 8.07. The predicted molar refractivity (Wildman–Crippen MR) is 109 cm³/mol. The molecule has 0 saturated heterocycles. The van der Waals surface area contributed by atoms with Gasteiger partial charge in [-0.2, -0.15) is 5.10 Å². The first-order chi connectivity index (χ1) is 13.4. The molecule has 0 spiro atoms. The number of nitro groups is 1. The standard InChI is InChI=1S/C22H23N3O3/c1-22(2)13-17(24-23-16-11-7-4-8-12-16)20-18(14-22)28-21(25(26)27)19(20)15-9-5-3-6-10-15/h3-12,19,21,23H,13-14H2,1-2H3/b24-17-/t19-,21-/m1/s1. The first kappa shape index (κ1) is 18.2. The van der Waals surface area contributed by atoms with E-state index in [2.05, 4.69) is 24.4 Å². The van der Waals surface area contributed by atoms with Crippen LogP contribution >= 0.6 is 0 Å². The number of anilines is 1. The van der Waals surface area contributed by atoms with Gasteiger partial charge in [0.25, 0.3) is 0 Å². The number of nitrogens with one attached hydrogen (secondary N) is 1. The van der Waals surface area contributed by atoms with Gasteiger partial charge >= 0.3 is 6.23 Å². The summed E-state index contributed by atoms with van der Waals surface area (Å²) in [5, 5.41) is 16.4. The summed E-state index contributed by atoms with van der Waals surface area (Å²) >= 11 is 0. The molecule has 6 nitrogen and oxygen atoms in total. The molecule has 1 aliphatic carbocycles. The van der Waals surface area contributed by atoms with Crippen LogP contribution in [0.1, 0.15) is 38.2 Å². The highest BCUT2D eigenvalue weighted by atomic mass is 16.7. The Morgan fingerprint density at radius 1 is 1.07 bits per heavy atom. The van der Waals surface area contributed by atoms with Crippen molar-refractivity contribution in [2.75, 3.05) is 5.43 Å². The zero-order chi connectivity index (χ0) is 19.7. The van der Waals surface area contributed by atoms with Gasteiger partial charge in [0, 0.05) is 12.0 Å². The van der Waals surface area contributed by atoms with Gasteiger partial charge in [-0.1, -0.05) is 62.4 Å². The molecule has 0 amide bonds. The van der Waals surface area contributed by atoms with E-state index in [0.29, 0.717) is 12.2 Å². The summed E-state index contributed by atoms with van der Waals surface area (Å²) in [7, 11) is 0. The summed E-state index contributed by atoms with van der Waals surface area (Å²) in [5.74, 6) is 0.235. The number of hydrogen-bond donors (Lipinski definition) is 1. The van der Waals surface area contributed by atoms with Crippen LogP contribution in [-0.4, -0.2) is 16.9 Å². The molecular weight excluding hydrogens is 354 g/mol.